The van der Waals surface area contributed by atoms with Crippen molar-refractivity contribution in [3.05, 3.63) is 22.5 Å². The fraction of sp³-hybridized carbons (Fsp3) is 0.684. The summed E-state index contributed by atoms with van der Waals surface area (Å²) >= 11 is 0. The second-order valence-electron chi connectivity index (χ2n) is 7.93. The van der Waals surface area contributed by atoms with Crippen LogP contribution >= 0.6 is 0 Å². The second-order valence-corrected chi connectivity index (χ2v) is 7.93. The highest BCUT2D eigenvalue weighted by Gasteiger charge is 2.33. The number of nitrogens with one attached hydrogen (secondary N) is 2. The Morgan fingerprint density at radius 1 is 1.29 bits per heavy atom. The average Bonchev–Trinajstić information content (AvgIpc) is 2.71. The van der Waals surface area contributed by atoms with Gasteiger partial charge in [-0.3, -0.25) is 4.79 Å². The molecule has 1 aliphatic rings. The van der Waals surface area contributed by atoms with E-state index in [2.05, 4.69) is 31.1 Å². The molecule has 1 aliphatic carbocycles. The number of amides is 1. The lowest BCUT2D eigenvalue weighted by Crippen LogP contribution is -2.43. The maximum Gasteiger partial charge on any atom is 0.355 e. The van der Waals surface area contributed by atoms with Gasteiger partial charge in [0.15, 0.2) is 0 Å². The molecular weight excluding hydrogens is 304 g/mol. The molecule has 0 spiro atoms. The predicted octanol–water partition coefficient (Wildman–Crippen LogP) is 3.75. The van der Waals surface area contributed by atoms with Crippen LogP contribution in [0.15, 0.2) is 0 Å². The molecule has 0 bridgehead atoms. The molecule has 2 atom stereocenters. The minimum absolute atomic E-state index is 0.105. The SMILES string of the molecule is CCOC(=O)c1[nH]c(C)c(C(=O)N[C@@H]2C[C@H](C)CC(C)(C)C2)c1C. The number of esters is 1. The van der Waals surface area contributed by atoms with E-state index in [1.165, 1.54) is 6.42 Å². The Morgan fingerprint density at radius 2 is 1.96 bits per heavy atom. The topological polar surface area (TPSA) is 71.2 Å². The highest BCUT2D eigenvalue weighted by Crippen LogP contribution is 2.38. The molecule has 5 heteroatoms. The Balaban J connectivity index is 2.17. The Bertz CT molecular complexity index is 631. The number of H-pyrrole nitrogens is 1. The third-order valence-corrected chi connectivity index (χ3v) is 4.87. The van der Waals surface area contributed by atoms with Gasteiger partial charge in [-0.25, -0.2) is 4.79 Å². The third-order valence-electron chi connectivity index (χ3n) is 4.87. The number of rotatable bonds is 4. The molecule has 0 aliphatic heterocycles. The zero-order chi connectivity index (χ0) is 18.1. The fourth-order valence-electron chi connectivity index (χ4n) is 4.21. The first-order chi connectivity index (χ1) is 11.1. The first kappa shape index (κ1) is 18.6. The van der Waals surface area contributed by atoms with Crippen LogP contribution < -0.4 is 5.32 Å². The molecule has 2 N–H and O–H groups in total. The Kier molecular flexibility index (Phi) is 5.41. The minimum Gasteiger partial charge on any atom is -0.461 e. The molecule has 24 heavy (non-hydrogen) atoms. The maximum atomic E-state index is 12.8. The molecule has 2 rings (SSSR count). The van der Waals surface area contributed by atoms with Gasteiger partial charge in [0.2, 0.25) is 0 Å². The zero-order valence-corrected chi connectivity index (χ0v) is 15.7. The van der Waals surface area contributed by atoms with Gasteiger partial charge in [0.1, 0.15) is 5.69 Å². The molecule has 134 valence electrons. The van der Waals surface area contributed by atoms with E-state index in [1.807, 2.05) is 6.92 Å². The number of hydrogen-bond donors (Lipinski definition) is 2. The van der Waals surface area contributed by atoms with E-state index in [4.69, 9.17) is 4.74 Å². The summed E-state index contributed by atoms with van der Waals surface area (Å²) in [6.07, 6.45) is 3.17. The van der Waals surface area contributed by atoms with E-state index in [0.29, 0.717) is 35.0 Å². The molecular formula is C19H30N2O3. The number of aromatic amines is 1. The van der Waals surface area contributed by atoms with Crippen LogP contribution in [0.1, 0.15) is 79.1 Å². The molecule has 0 radical (unpaired) electrons. The molecule has 0 unspecified atom stereocenters. The summed E-state index contributed by atoms with van der Waals surface area (Å²) in [7, 11) is 0. The molecule has 0 aromatic carbocycles. The lowest BCUT2D eigenvalue weighted by atomic mass is 9.70. The van der Waals surface area contributed by atoms with Crippen molar-refractivity contribution in [2.24, 2.45) is 11.3 Å². The Labute approximate surface area is 144 Å². The molecule has 1 fully saturated rings. The molecule has 1 aromatic rings. The van der Waals surface area contributed by atoms with Crippen LogP contribution in [-0.4, -0.2) is 29.5 Å². The lowest BCUT2D eigenvalue weighted by molar-refractivity contribution is 0.0519. The molecule has 1 heterocycles. The molecule has 0 saturated heterocycles. The van der Waals surface area contributed by atoms with Gasteiger partial charge in [0.05, 0.1) is 12.2 Å². The monoisotopic (exact) mass is 334 g/mol. The van der Waals surface area contributed by atoms with Crippen molar-refractivity contribution >= 4 is 11.9 Å². The number of aromatic nitrogens is 1. The highest BCUT2D eigenvalue weighted by molar-refractivity contribution is 6.01. The summed E-state index contributed by atoms with van der Waals surface area (Å²) in [5.41, 5.74) is 2.54. The van der Waals surface area contributed by atoms with Gasteiger partial charge in [-0.05, 0) is 56.9 Å². The van der Waals surface area contributed by atoms with E-state index >= 15 is 0 Å². The third kappa shape index (κ3) is 4.00. The number of aryl methyl sites for hydroxylation is 1. The van der Waals surface area contributed by atoms with Crippen molar-refractivity contribution in [1.82, 2.24) is 10.3 Å². The van der Waals surface area contributed by atoms with Crippen molar-refractivity contribution in [3.63, 3.8) is 0 Å². The number of carbonyl (C=O) groups excluding carboxylic acids is 2. The second kappa shape index (κ2) is 6.99. The van der Waals surface area contributed by atoms with Crippen molar-refractivity contribution in [2.75, 3.05) is 6.61 Å². The van der Waals surface area contributed by atoms with Gasteiger partial charge < -0.3 is 15.0 Å². The van der Waals surface area contributed by atoms with E-state index in [9.17, 15) is 9.59 Å². The molecule has 1 saturated carbocycles. The summed E-state index contributed by atoms with van der Waals surface area (Å²) in [6, 6.07) is 0.177. The van der Waals surface area contributed by atoms with Gasteiger partial charge in [0, 0.05) is 11.7 Å². The maximum absolute atomic E-state index is 12.8. The van der Waals surface area contributed by atoms with Crippen molar-refractivity contribution in [2.45, 2.75) is 66.8 Å². The zero-order valence-electron chi connectivity index (χ0n) is 15.7. The summed E-state index contributed by atoms with van der Waals surface area (Å²) < 4.78 is 5.05. The van der Waals surface area contributed by atoms with Gasteiger partial charge in [0.25, 0.3) is 5.91 Å². The van der Waals surface area contributed by atoms with E-state index in [1.54, 1.807) is 13.8 Å². The molecule has 5 nitrogen and oxygen atoms in total. The van der Waals surface area contributed by atoms with Crippen molar-refractivity contribution in [1.29, 1.82) is 0 Å². The smallest absolute Gasteiger partial charge is 0.355 e. The van der Waals surface area contributed by atoms with Gasteiger partial charge >= 0.3 is 5.97 Å². The molecule has 1 amide bonds. The molecule has 1 aromatic heterocycles. The number of ether oxygens (including phenoxy) is 1. The summed E-state index contributed by atoms with van der Waals surface area (Å²) in [6.45, 7) is 12.4. The summed E-state index contributed by atoms with van der Waals surface area (Å²) in [5.74, 6) is 0.0823. The summed E-state index contributed by atoms with van der Waals surface area (Å²) in [5, 5.41) is 3.18. The standard InChI is InChI=1S/C19H30N2O3/c1-7-24-18(23)16-12(3)15(13(4)20-16)17(22)21-14-8-11(2)9-19(5,6)10-14/h11,14,20H,7-10H2,1-6H3,(H,21,22)/t11-,14+/m0/s1. The van der Waals surface area contributed by atoms with Gasteiger partial charge in [-0.15, -0.1) is 0 Å². The fourth-order valence-corrected chi connectivity index (χ4v) is 4.21. The lowest BCUT2D eigenvalue weighted by Gasteiger charge is -2.39. The Hall–Kier alpha value is -1.78. The normalized spacial score (nSPS) is 22.9. The van der Waals surface area contributed by atoms with E-state index < -0.39 is 5.97 Å². The quantitative estimate of drug-likeness (QED) is 0.824. The van der Waals surface area contributed by atoms with Crippen LogP contribution in [0.3, 0.4) is 0 Å². The van der Waals surface area contributed by atoms with Gasteiger partial charge in [-0.1, -0.05) is 20.8 Å². The average molecular weight is 334 g/mol. The summed E-state index contributed by atoms with van der Waals surface area (Å²) in [4.78, 5) is 27.8. The predicted molar refractivity (Wildman–Crippen MR) is 94.3 cm³/mol. The number of hydrogen-bond acceptors (Lipinski definition) is 3. The van der Waals surface area contributed by atoms with Crippen LogP contribution in [0.2, 0.25) is 0 Å². The van der Waals surface area contributed by atoms with Crippen LogP contribution in [-0.2, 0) is 4.74 Å². The van der Waals surface area contributed by atoms with Crippen LogP contribution in [0, 0.1) is 25.2 Å². The van der Waals surface area contributed by atoms with Crippen LogP contribution in [0.4, 0.5) is 0 Å². The van der Waals surface area contributed by atoms with Crippen molar-refractivity contribution in [3.8, 4) is 0 Å². The first-order valence-electron chi connectivity index (χ1n) is 8.81. The van der Waals surface area contributed by atoms with E-state index in [-0.39, 0.29) is 17.4 Å². The van der Waals surface area contributed by atoms with Gasteiger partial charge in [-0.2, -0.15) is 0 Å². The largest absolute Gasteiger partial charge is 0.461 e. The Morgan fingerprint density at radius 3 is 2.54 bits per heavy atom. The number of carbonyl (C=O) groups is 2. The van der Waals surface area contributed by atoms with E-state index in [0.717, 1.165) is 12.8 Å². The van der Waals surface area contributed by atoms with Crippen LogP contribution in [0.5, 0.6) is 0 Å². The minimum atomic E-state index is -0.412. The highest BCUT2D eigenvalue weighted by atomic mass is 16.5. The van der Waals surface area contributed by atoms with Crippen LogP contribution in [0.25, 0.3) is 0 Å². The van der Waals surface area contributed by atoms with Crippen molar-refractivity contribution < 1.29 is 14.3 Å². The first-order valence-corrected chi connectivity index (χ1v) is 8.81.